The maximum atomic E-state index is 5.93. The summed E-state index contributed by atoms with van der Waals surface area (Å²) >= 11 is 5.93. The number of benzene rings is 1. The van der Waals surface area contributed by atoms with Gasteiger partial charge in [-0.1, -0.05) is 11.6 Å². The van der Waals surface area contributed by atoms with Gasteiger partial charge in [0.1, 0.15) is 5.75 Å². The zero-order valence-corrected chi connectivity index (χ0v) is 13.3. The van der Waals surface area contributed by atoms with Crippen molar-refractivity contribution < 1.29 is 4.74 Å². The largest absolute Gasteiger partial charge is 0.493 e. The highest BCUT2D eigenvalue weighted by Gasteiger charge is 2.12. The standard InChI is InChI=1S/C16H25ClN2O/c1-14-13-15(17)5-6-16(14)20-12-4-3-7-19-10-8-18(2)9-11-19/h5-6,13H,3-4,7-12H2,1-2H3. The molecule has 1 aliphatic heterocycles. The van der Waals surface area contributed by atoms with Crippen LogP contribution >= 0.6 is 11.6 Å². The summed E-state index contributed by atoms with van der Waals surface area (Å²) in [6.07, 6.45) is 2.31. The van der Waals surface area contributed by atoms with Crippen LogP contribution in [0.25, 0.3) is 0 Å². The summed E-state index contributed by atoms with van der Waals surface area (Å²) in [5.74, 6) is 0.953. The number of hydrogen-bond acceptors (Lipinski definition) is 3. The minimum atomic E-state index is 0.768. The van der Waals surface area contributed by atoms with Crippen LogP contribution in [0.2, 0.25) is 5.02 Å². The number of nitrogens with zero attached hydrogens (tertiary/aromatic N) is 2. The molecule has 1 aliphatic rings. The lowest BCUT2D eigenvalue weighted by atomic mass is 10.2. The van der Waals surface area contributed by atoms with Crippen molar-refractivity contribution in [3.05, 3.63) is 28.8 Å². The van der Waals surface area contributed by atoms with Gasteiger partial charge in [0.25, 0.3) is 0 Å². The number of ether oxygens (including phenoxy) is 1. The van der Waals surface area contributed by atoms with Gasteiger partial charge in [0, 0.05) is 31.2 Å². The second-order valence-electron chi connectivity index (χ2n) is 5.61. The fraction of sp³-hybridized carbons (Fsp3) is 0.625. The summed E-state index contributed by atoms with van der Waals surface area (Å²) in [7, 11) is 2.19. The van der Waals surface area contributed by atoms with E-state index in [0.29, 0.717) is 0 Å². The number of unbranched alkanes of at least 4 members (excludes halogenated alkanes) is 1. The maximum Gasteiger partial charge on any atom is 0.122 e. The first-order valence-electron chi connectivity index (χ1n) is 7.45. The Morgan fingerprint density at radius 2 is 1.90 bits per heavy atom. The van der Waals surface area contributed by atoms with Crippen LogP contribution in [-0.2, 0) is 0 Å². The molecule has 1 aromatic carbocycles. The van der Waals surface area contributed by atoms with Crippen molar-refractivity contribution in [3.8, 4) is 5.75 Å². The molecule has 0 amide bonds. The van der Waals surface area contributed by atoms with E-state index in [1.807, 2.05) is 25.1 Å². The maximum absolute atomic E-state index is 5.93. The van der Waals surface area contributed by atoms with E-state index in [2.05, 4.69) is 16.8 Å². The van der Waals surface area contributed by atoms with Crippen LogP contribution in [0.4, 0.5) is 0 Å². The molecule has 0 aliphatic carbocycles. The third-order valence-electron chi connectivity index (χ3n) is 3.86. The molecule has 112 valence electrons. The van der Waals surface area contributed by atoms with Crippen LogP contribution in [0, 0.1) is 6.92 Å². The molecule has 2 rings (SSSR count). The minimum absolute atomic E-state index is 0.768. The molecular formula is C16H25ClN2O. The Hall–Kier alpha value is -0.770. The Labute approximate surface area is 127 Å². The molecule has 1 heterocycles. The first-order chi connectivity index (χ1) is 9.65. The molecule has 1 fully saturated rings. The highest BCUT2D eigenvalue weighted by atomic mass is 35.5. The van der Waals surface area contributed by atoms with E-state index in [1.165, 1.54) is 39.1 Å². The highest BCUT2D eigenvalue weighted by Crippen LogP contribution is 2.21. The molecule has 4 heteroatoms. The van der Waals surface area contributed by atoms with Gasteiger partial charge in [0.15, 0.2) is 0 Å². The molecule has 0 N–H and O–H groups in total. The van der Waals surface area contributed by atoms with Gasteiger partial charge >= 0.3 is 0 Å². The zero-order valence-electron chi connectivity index (χ0n) is 12.6. The van der Waals surface area contributed by atoms with E-state index in [9.17, 15) is 0 Å². The molecule has 0 unspecified atom stereocenters. The monoisotopic (exact) mass is 296 g/mol. The third kappa shape index (κ3) is 4.97. The van der Waals surface area contributed by atoms with E-state index >= 15 is 0 Å². The molecule has 1 aromatic rings. The van der Waals surface area contributed by atoms with E-state index in [1.54, 1.807) is 0 Å². The van der Waals surface area contributed by atoms with Gasteiger partial charge in [-0.05, 0) is 57.1 Å². The fourth-order valence-electron chi connectivity index (χ4n) is 2.47. The molecular weight excluding hydrogens is 272 g/mol. The number of halogens is 1. The Bertz CT molecular complexity index is 417. The summed E-state index contributed by atoms with van der Waals surface area (Å²) in [5.41, 5.74) is 1.11. The molecule has 3 nitrogen and oxygen atoms in total. The molecule has 0 bridgehead atoms. The van der Waals surface area contributed by atoms with Crippen molar-refractivity contribution in [2.75, 3.05) is 46.4 Å². The average Bonchev–Trinajstić information content (AvgIpc) is 2.42. The van der Waals surface area contributed by atoms with Crippen molar-refractivity contribution in [1.82, 2.24) is 9.80 Å². The van der Waals surface area contributed by atoms with Crippen LogP contribution in [0.15, 0.2) is 18.2 Å². The molecule has 20 heavy (non-hydrogen) atoms. The number of rotatable bonds is 6. The normalized spacial score (nSPS) is 17.4. The first kappa shape index (κ1) is 15.6. The van der Waals surface area contributed by atoms with Gasteiger partial charge in [0.05, 0.1) is 6.61 Å². The van der Waals surface area contributed by atoms with Gasteiger partial charge in [-0.2, -0.15) is 0 Å². The first-order valence-corrected chi connectivity index (χ1v) is 7.83. The predicted molar refractivity (Wildman–Crippen MR) is 84.9 cm³/mol. The van der Waals surface area contributed by atoms with Gasteiger partial charge < -0.3 is 14.5 Å². The van der Waals surface area contributed by atoms with Crippen LogP contribution in [0.3, 0.4) is 0 Å². The molecule has 0 aromatic heterocycles. The summed E-state index contributed by atoms with van der Waals surface area (Å²) in [4.78, 5) is 4.94. The van der Waals surface area contributed by atoms with E-state index in [-0.39, 0.29) is 0 Å². The molecule has 0 radical (unpaired) electrons. The summed E-state index contributed by atoms with van der Waals surface area (Å²) in [6.45, 7) is 8.81. The Kier molecular flexibility index (Phi) is 6.14. The number of aryl methyl sites for hydroxylation is 1. The predicted octanol–water partition coefficient (Wildman–Crippen LogP) is 3.05. The van der Waals surface area contributed by atoms with Crippen molar-refractivity contribution in [2.24, 2.45) is 0 Å². The second-order valence-corrected chi connectivity index (χ2v) is 6.05. The van der Waals surface area contributed by atoms with E-state index in [0.717, 1.165) is 29.4 Å². The minimum Gasteiger partial charge on any atom is -0.493 e. The van der Waals surface area contributed by atoms with Crippen LogP contribution in [0.1, 0.15) is 18.4 Å². The number of likely N-dealkylation sites (N-methyl/N-ethyl adjacent to an activating group) is 1. The number of piperazine rings is 1. The van der Waals surface area contributed by atoms with Crippen LogP contribution in [0.5, 0.6) is 5.75 Å². The quantitative estimate of drug-likeness (QED) is 0.751. The van der Waals surface area contributed by atoms with Crippen molar-refractivity contribution in [2.45, 2.75) is 19.8 Å². The van der Waals surface area contributed by atoms with E-state index < -0.39 is 0 Å². The molecule has 0 atom stereocenters. The third-order valence-corrected chi connectivity index (χ3v) is 4.09. The van der Waals surface area contributed by atoms with Crippen LogP contribution < -0.4 is 4.74 Å². The number of hydrogen-bond donors (Lipinski definition) is 0. The molecule has 0 spiro atoms. The lowest BCUT2D eigenvalue weighted by molar-refractivity contribution is 0.150. The Balaban J connectivity index is 1.59. The van der Waals surface area contributed by atoms with E-state index in [4.69, 9.17) is 16.3 Å². The van der Waals surface area contributed by atoms with Crippen molar-refractivity contribution >= 4 is 11.6 Å². The lowest BCUT2D eigenvalue weighted by Crippen LogP contribution is -2.44. The van der Waals surface area contributed by atoms with Crippen molar-refractivity contribution in [1.29, 1.82) is 0 Å². The Morgan fingerprint density at radius 1 is 1.15 bits per heavy atom. The topological polar surface area (TPSA) is 15.7 Å². The van der Waals surface area contributed by atoms with Crippen LogP contribution in [-0.4, -0.2) is 56.2 Å². The fourth-order valence-corrected chi connectivity index (χ4v) is 2.69. The molecule has 1 saturated heterocycles. The lowest BCUT2D eigenvalue weighted by Gasteiger charge is -2.32. The van der Waals surface area contributed by atoms with Gasteiger partial charge in [0.2, 0.25) is 0 Å². The Morgan fingerprint density at radius 3 is 2.60 bits per heavy atom. The van der Waals surface area contributed by atoms with Gasteiger partial charge in [-0.25, -0.2) is 0 Å². The molecule has 0 saturated carbocycles. The summed E-state index contributed by atoms with van der Waals surface area (Å²) in [5, 5.41) is 0.768. The zero-order chi connectivity index (χ0) is 14.4. The second kappa shape index (κ2) is 7.87. The average molecular weight is 297 g/mol. The smallest absolute Gasteiger partial charge is 0.122 e. The summed E-state index contributed by atoms with van der Waals surface area (Å²) < 4.78 is 5.81. The van der Waals surface area contributed by atoms with Crippen molar-refractivity contribution in [3.63, 3.8) is 0 Å². The van der Waals surface area contributed by atoms with Gasteiger partial charge in [-0.3, -0.25) is 0 Å². The SMILES string of the molecule is Cc1cc(Cl)ccc1OCCCCN1CCN(C)CC1. The highest BCUT2D eigenvalue weighted by molar-refractivity contribution is 6.30. The summed E-state index contributed by atoms with van der Waals surface area (Å²) in [6, 6.07) is 5.79. The van der Waals surface area contributed by atoms with Gasteiger partial charge in [-0.15, -0.1) is 0 Å².